The summed E-state index contributed by atoms with van der Waals surface area (Å²) in [7, 11) is 1.58. The maximum absolute atomic E-state index is 11.9. The monoisotopic (exact) mass is 432 g/mol. The standard InChI is InChI=1S/C12H16N4O2S.C7H11F3/c1-13-11-5-4-9(19(17,18)14-2)6-10(11)12-7-16(3)8-15-12;8-7(9,10)6-4-2-1-3-5-6/h4-8,13-14H,1-3H3;6H,1-5H2. The molecule has 0 radical (unpaired) electrons. The molecule has 0 amide bonds. The molecule has 1 aromatic carbocycles. The normalized spacial score (nSPS) is 15.5. The molecule has 1 heterocycles. The van der Waals surface area contributed by atoms with Gasteiger partial charge in [0.25, 0.3) is 0 Å². The number of anilines is 1. The zero-order valence-corrected chi connectivity index (χ0v) is 17.6. The lowest BCUT2D eigenvalue weighted by molar-refractivity contribution is -0.181. The predicted octanol–water partition coefficient (Wildman–Crippen LogP) is 4.17. The van der Waals surface area contributed by atoms with Crippen LogP contribution in [0.15, 0.2) is 35.6 Å². The maximum atomic E-state index is 11.9. The zero-order chi connectivity index (χ0) is 21.7. The van der Waals surface area contributed by atoms with Gasteiger partial charge in [-0.25, -0.2) is 18.1 Å². The summed E-state index contributed by atoms with van der Waals surface area (Å²) in [6, 6.07) is 4.90. The second kappa shape index (κ2) is 9.62. The summed E-state index contributed by atoms with van der Waals surface area (Å²) in [6.45, 7) is 0. The molecule has 1 aliphatic carbocycles. The molecule has 1 aromatic heterocycles. The SMILES string of the molecule is CNc1ccc(S(=O)(=O)NC)cc1-c1cn(C)cn1.FC(F)(F)C1CCCCC1. The Morgan fingerprint density at radius 1 is 1.14 bits per heavy atom. The molecule has 2 aromatic rings. The smallest absolute Gasteiger partial charge is 0.388 e. The van der Waals surface area contributed by atoms with Gasteiger partial charge in [0, 0.05) is 31.5 Å². The summed E-state index contributed by atoms with van der Waals surface area (Å²) in [5, 5.41) is 3.04. The number of sulfonamides is 1. The number of aromatic nitrogens is 2. The summed E-state index contributed by atoms with van der Waals surface area (Å²) >= 11 is 0. The lowest BCUT2D eigenvalue weighted by Crippen LogP contribution is -2.24. The second-order valence-electron chi connectivity index (χ2n) is 6.97. The highest BCUT2D eigenvalue weighted by Gasteiger charge is 2.39. The van der Waals surface area contributed by atoms with Gasteiger partial charge in [-0.05, 0) is 38.1 Å². The van der Waals surface area contributed by atoms with Crippen LogP contribution in [-0.2, 0) is 17.1 Å². The van der Waals surface area contributed by atoms with Crippen LogP contribution in [0.4, 0.5) is 18.9 Å². The Morgan fingerprint density at radius 2 is 1.79 bits per heavy atom. The fraction of sp³-hybridized carbons (Fsp3) is 0.526. The molecule has 0 bridgehead atoms. The molecule has 1 aliphatic rings. The van der Waals surface area contributed by atoms with Crippen molar-refractivity contribution in [2.75, 3.05) is 19.4 Å². The number of benzene rings is 1. The van der Waals surface area contributed by atoms with E-state index in [4.69, 9.17) is 0 Å². The number of nitrogens with zero attached hydrogens (tertiary/aromatic N) is 2. The predicted molar refractivity (Wildman–Crippen MR) is 107 cm³/mol. The van der Waals surface area contributed by atoms with Crippen molar-refractivity contribution in [2.24, 2.45) is 13.0 Å². The highest BCUT2D eigenvalue weighted by Crippen LogP contribution is 2.37. The van der Waals surface area contributed by atoms with Crippen LogP contribution >= 0.6 is 0 Å². The molecule has 0 atom stereocenters. The van der Waals surface area contributed by atoms with Gasteiger partial charge in [-0.3, -0.25) is 0 Å². The molecule has 162 valence electrons. The van der Waals surface area contributed by atoms with Gasteiger partial charge in [0.15, 0.2) is 0 Å². The van der Waals surface area contributed by atoms with E-state index in [0.717, 1.165) is 36.2 Å². The van der Waals surface area contributed by atoms with Gasteiger partial charge in [0.2, 0.25) is 10.0 Å². The molecule has 6 nitrogen and oxygen atoms in total. The van der Waals surface area contributed by atoms with Crippen molar-refractivity contribution in [1.82, 2.24) is 14.3 Å². The number of imidazole rings is 1. The Morgan fingerprint density at radius 3 is 2.24 bits per heavy atom. The van der Waals surface area contributed by atoms with E-state index in [9.17, 15) is 21.6 Å². The van der Waals surface area contributed by atoms with Crippen molar-refractivity contribution < 1.29 is 21.6 Å². The molecule has 10 heteroatoms. The molecule has 0 saturated heterocycles. The third-order valence-corrected chi connectivity index (χ3v) is 6.30. The highest BCUT2D eigenvalue weighted by atomic mass is 32.2. The first-order chi connectivity index (χ1) is 13.6. The van der Waals surface area contributed by atoms with Crippen LogP contribution in [0.5, 0.6) is 0 Å². The Balaban J connectivity index is 0.000000253. The van der Waals surface area contributed by atoms with Crippen molar-refractivity contribution in [3.05, 3.63) is 30.7 Å². The fourth-order valence-electron chi connectivity index (χ4n) is 3.22. The molecule has 1 saturated carbocycles. The minimum Gasteiger partial charge on any atom is -0.388 e. The number of hydrogen-bond acceptors (Lipinski definition) is 4. The average Bonchev–Trinajstić information content (AvgIpc) is 3.14. The van der Waals surface area contributed by atoms with E-state index in [1.54, 1.807) is 31.6 Å². The van der Waals surface area contributed by atoms with Crippen molar-refractivity contribution in [3.8, 4) is 11.3 Å². The van der Waals surface area contributed by atoms with Gasteiger partial charge in [-0.1, -0.05) is 19.3 Å². The lowest BCUT2D eigenvalue weighted by Gasteiger charge is -2.23. The van der Waals surface area contributed by atoms with E-state index in [0.29, 0.717) is 12.8 Å². The van der Waals surface area contributed by atoms with Crippen molar-refractivity contribution in [2.45, 2.75) is 43.2 Å². The van der Waals surface area contributed by atoms with E-state index < -0.39 is 22.1 Å². The van der Waals surface area contributed by atoms with Gasteiger partial charge in [0.1, 0.15) is 0 Å². The summed E-state index contributed by atoms with van der Waals surface area (Å²) in [6.07, 6.45) is 2.77. The van der Waals surface area contributed by atoms with Crippen LogP contribution in [0.3, 0.4) is 0 Å². The average molecular weight is 433 g/mol. The van der Waals surface area contributed by atoms with Gasteiger partial charge in [-0.15, -0.1) is 0 Å². The first-order valence-electron chi connectivity index (χ1n) is 9.39. The lowest BCUT2D eigenvalue weighted by atomic mass is 9.89. The molecule has 0 unspecified atom stereocenters. The number of hydrogen-bond donors (Lipinski definition) is 2. The van der Waals surface area contributed by atoms with E-state index in [-0.39, 0.29) is 4.90 Å². The van der Waals surface area contributed by atoms with Crippen LogP contribution in [0.1, 0.15) is 32.1 Å². The Labute approximate surface area is 169 Å². The minimum absolute atomic E-state index is 0.217. The summed E-state index contributed by atoms with van der Waals surface area (Å²) in [5.74, 6) is -0.999. The van der Waals surface area contributed by atoms with Crippen molar-refractivity contribution in [1.29, 1.82) is 0 Å². The molecule has 3 rings (SSSR count). The number of alkyl halides is 3. The van der Waals surface area contributed by atoms with E-state index >= 15 is 0 Å². The number of rotatable bonds is 4. The third-order valence-electron chi connectivity index (χ3n) is 4.89. The van der Waals surface area contributed by atoms with Crippen molar-refractivity contribution in [3.63, 3.8) is 0 Å². The molecular formula is C19H27F3N4O2S. The summed E-state index contributed by atoms with van der Waals surface area (Å²) in [5.41, 5.74) is 2.30. The molecule has 1 fully saturated rings. The molecule has 2 N–H and O–H groups in total. The molecular weight excluding hydrogens is 405 g/mol. The number of aryl methyl sites for hydroxylation is 1. The highest BCUT2D eigenvalue weighted by molar-refractivity contribution is 7.89. The summed E-state index contributed by atoms with van der Waals surface area (Å²) in [4.78, 5) is 4.47. The Hall–Kier alpha value is -2.07. The first-order valence-corrected chi connectivity index (χ1v) is 10.9. The van der Waals surface area contributed by atoms with Gasteiger partial charge >= 0.3 is 6.18 Å². The fourth-order valence-corrected chi connectivity index (χ4v) is 3.98. The first kappa shape index (κ1) is 23.2. The molecule has 0 spiro atoms. The van der Waals surface area contributed by atoms with E-state index in [1.807, 2.05) is 17.8 Å². The summed E-state index contributed by atoms with van der Waals surface area (Å²) < 4.78 is 63.6. The zero-order valence-electron chi connectivity index (χ0n) is 16.8. The quantitative estimate of drug-likeness (QED) is 0.761. The van der Waals surface area contributed by atoms with Gasteiger partial charge in [0.05, 0.1) is 22.8 Å². The van der Waals surface area contributed by atoms with Crippen LogP contribution in [0.25, 0.3) is 11.3 Å². The molecule has 29 heavy (non-hydrogen) atoms. The minimum atomic E-state index is -3.93. The van der Waals surface area contributed by atoms with Crippen LogP contribution in [-0.4, -0.2) is 38.2 Å². The Bertz CT molecular complexity index is 904. The van der Waals surface area contributed by atoms with Gasteiger partial charge in [-0.2, -0.15) is 13.2 Å². The third kappa shape index (κ3) is 6.20. The van der Waals surface area contributed by atoms with E-state index in [2.05, 4.69) is 15.0 Å². The Kier molecular flexibility index (Phi) is 7.70. The van der Waals surface area contributed by atoms with Crippen LogP contribution < -0.4 is 10.0 Å². The maximum Gasteiger partial charge on any atom is 0.391 e. The van der Waals surface area contributed by atoms with E-state index in [1.165, 1.54) is 7.05 Å². The van der Waals surface area contributed by atoms with Crippen molar-refractivity contribution >= 4 is 15.7 Å². The topological polar surface area (TPSA) is 76.0 Å². The second-order valence-corrected chi connectivity index (χ2v) is 8.85. The largest absolute Gasteiger partial charge is 0.391 e. The number of nitrogens with one attached hydrogen (secondary N) is 2. The van der Waals surface area contributed by atoms with Crippen LogP contribution in [0.2, 0.25) is 0 Å². The number of halogens is 3. The van der Waals surface area contributed by atoms with Gasteiger partial charge < -0.3 is 9.88 Å². The molecule has 0 aliphatic heterocycles. The van der Waals surface area contributed by atoms with Crippen LogP contribution in [0, 0.1) is 5.92 Å².